The van der Waals surface area contributed by atoms with Crippen molar-refractivity contribution < 1.29 is 4.39 Å². The van der Waals surface area contributed by atoms with Crippen molar-refractivity contribution in [3.05, 3.63) is 29.1 Å². The second-order valence-electron chi connectivity index (χ2n) is 3.35. The maximum absolute atomic E-state index is 13.5. The average Bonchev–Trinajstić information content (AvgIpc) is 2.18. The van der Waals surface area contributed by atoms with E-state index in [0.29, 0.717) is 16.8 Å². The molecule has 6 heteroatoms. The zero-order valence-electron chi connectivity index (χ0n) is 9.16. The molecule has 0 amide bonds. The fourth-order valence-corrected chi connectivity index (χ4v) is 1.21. The Morgan fingerprint density at radius 2 is 1.81 bits per heavy atom. The SMILES string of the molecule is Cc1ccc(N=C(N)N=C(N)N)c(C)c1F. The van der Waals surface area contributed by atoms with E-state index in [9.17, 15) is 4.39 Å². The first-order valence-corrected chi connectivity index (χ1v) is 4.61. The monoisotopic (exact) mass is 223 g/mol. The van der Waals surface area contributed by atoms with Gasteiger partial charge in [0.1, 0.15) is 5.82 Å². The van der Waals surface area contributed by atoms with E-state index in [-0.39, 0.29) is 17.7 Å². The second kappa shape index (κ2) is 4.61. The third-order valence-corrected chi connectivity index (χ3v) is 2.03. The van der Waals surface area contributed by atoms with Crippen molar-refractivity contribution >= 4 is 17.6 Å². The number of aliphatic imine (C=N–C) groups is 2. The number of guanidine groups is 2. The highest BCUT2D eigenvalue weighted by molar-refractivity contribution is 5.93. The maximum Gasteiger partial charge on any atom is 0.223 e. The van der Waals surface area contributed by atoms with Crippen molar-refractivity contribution in [1.29, 1.82) is 0 Å². The Labute approximate surface area is 92.9 Å². The fourth-order valence-electron chi connectivity index (χ4n) is 1.21. The molecule has 86 valence electrons. The number of nitrogens with two attached hydrogens (primary N) is 3. The zero-order chi connectivity index (χ0) is 12.3. The van der Waals surface area contributed by atoms with E-state index in [1.807, 2.05) is 0 Å². The van der Waals surface area contributed by atoms with E-state index in [0.717, 1.165) is 0 Å². The Kier molecular flexibility index (Phi) is 3.44. The minimum atomic E-state index is -0.307. The van der Waals surface area contributed by atoms with Gasteiger partial charge in [-0.15, -0.1) is 0 Å². The Balaban J connectivity index is 3.17. The molecule has 0 fully saturated rings. The van der Waals surface area contributed by atoms with Crippen LogP contribution in [0.5, 0.6) is 0 Å². The van der Waals surface area contributed by atoms with Crippen LogP contribution in [-0.2, 0) is 0 Å². The molecule has 1 aromatic rings. The summed E-state index contributed by atoms with van der Waals surface area (Å²) in [6.07, 6.45) is 0. The summed E-state index contributed by atoms with van der Waals surface area (Å²) in [7, 11) is 0. The molecule has 0 saturated carbocycles. The topological polar surface area (TPSA) is 103 Å². The Hall–Kier alpha value is -2.11. The Morgan fingerprint density at radius 1 is 1.19 bits per heavy atom. The molecule has 0 aliphatic heterocycles. The minimum absolute atomic E-state index is 0.105. The van der Waals surface area contributed by atoms with Gasteiger partial charge >= 0.3 is 0 Å². The first-order chi connectivity index (χ1) is 7.41. The van der Waals surface area contributed by atoms with Crippen molar-refractivity contribution in [2.75, 3.05) is 0 Å². The highest BCUT2D eigenvalue weighted by atomic mass is 19.1. The number of hydrogen-bond acceptors (Lipinski definition) is 1. The quantitative estimate of drug-likeness (QED) is 0.481. The van der Waals surface area contributed by atoms with Crippen LogP contribution in [0.4, 0.5) is 10.1 Å². The molecule has 6 N–H and O–H groups in total. The number of nitrogens with zero attached hydrogens (tertiary/aromatic N) is 2. The molecule has 0 atom stereocenters. The summed E-state index contributed by atoms with van der Waals surface area (Å²) in [5.74, 6) is -0.600. The van der Waals surface area contributed by atoms with Gasteiger partial charge in [-0.3, -0.25) is 0 Å². The second-order valence-corrected chi connectivity index (χ2v) is 3.35. The van der Waals surface area contributed by atoms with Crippen molar-refractivity contribution in [3.8, 4) is 0 Å². The lowest BCUT2D eigenvalue weighted by molar-refractivity contribution is 0.610. The molecule has 1 rings (SSSR count). The standard InChI is InChI=1S/C10H14FN5/c1-5-3-4-7(6(2)8(5)11)15-10(14)16-9(12)13/h3-4H,1-2H3,(H6,12,13,14,15,16). The zero-order valence-corrected chi connectivity index (χ0v) is 9.16. The van der Waals surface area contributed by atoms with Gasteiger partial charge in [-0.1, -0.05) is 6.07 Å². The van der Waals surface area contributed by atoms with Crippen LogP contribution in [0.2, 0.25) is 0 Å². The molecule has 0 radical (unpaired) electrons. The highest BCUT2D eigenvalue weighted by Crippen LogP contribution is 2.23. The van der Waals surface area contributed by atoms with E-state index in [1.165, 1.54) is 0 Å². The molecule has 5 nitrogen and oxygen atoms in total. The first kappa shape index (κ1) is 12.0. The Bertz CT molecular complexity index is 461. The molecule has 0 unspecified atom stereocenters. The lowest BCUT2D eigenvalue weighted by Crippen LogP contribution is -2.26. The smallest absolute Gasteiger partial charge is 0.223 e. The van der Waals surface area contributed by atoms with Crippen LogP contribution >= 0.6 is 0 Å². The molecule has 0 heterocycles. The van der Waals surface area contributed by atoms with E-state index in [4.69, 9.17) is 17.2 Å². The third kappa shape index (κ3) is 2.69. The summed E-state index contributed by atoms with van der Waals surface area (Å²) in [5, 5.41) is 0. The van der Waals surface area contributed by atoms with Crippen LogP contribution in [0, 0.1) is 19.7 Å². The molecule has 1 aromatic carbocycles. The normalized spacial score (nSPS) is 11.3. The molecule has 0 aromatic heterocycles. The summed E-state index contributed by atoms with van der Waals surface area (Å²) in [6, 6.07) is 3.27. The van der Waals surface area contributed by atoms with Gasteiger partial charge in [0, 0.05) is 5.56 Å². The summed E-state index contributed by atoms with van der Waals surface area (Å²) in [4.78, 5) is 7.45. The van der Waals surface area contributed by atoms with Gasteiger partial charge in [-0.2, -0.15) is 4.99 Å². The van der Waals surface area contributed by atoms with Gasteiger partial charge in [0.2, 0.25) is 5.96 Å². The van der Waals surface area contributed by atoms with Crippen LogP contribution in [0.15, 0.2) is 22.1 Å². The molecule has 16 heavy (non-hydrogen) atoms. The maximum atomic E-state index is 13.5. The number of aryl methyl sites for hydroxylation is 1. The lowest BCUT2D eigenvalue weighted by Gasteiger charge is -2.04. The summed E-state index contributed by atoms with van der Waals surface area (Å²) in [6.45, 7) is 3.29. The predicted molar refractivity (Wildman–Crippen MR) is 63.0 cm³/mol. The van der Waals surface area contributed by atoms with Crippen LogP contribution in [0.3, 0.4) is 0 Å². The predicted octanol–water partition coefficient (Wildman–Crippen LogP) is 0.662. The van der Waals surface area contributed by atoms with E-state index in [2.05, 4.69) is 9.98 Å². The lowest BCUT2D eigenvalue weighted by atomic mass is 10.1. The van der Waals surface area contributed by atoms with Gasteiger partial charge in [-0.05, 0) is 25.5 Å². The number of rotatable bonds is 1. The molecule has 0 saturated heterocycles. The van der Waals surface area contributed by atoms with Crippen molar-refractivity contribution in [1.82, 2.24) is 0 Å². The third-order valence-electron chi connectivity index (χ3n) is 2.03. The average molecular weight is 223 g/mol. The summed E-state index contributed by atoms with van der Waals surface area (Å²) in [5.41, 5.74) is 17.1. The van der Waals surface area contributed by atoms with E-state index < -0.39 is 0 Å². The van der Waals surface area contributed by atoms with Gasteiger partial charge < -0.3 is 17.2 Å². The van der Waals surface area contributed by atoms with Gasteiger partial charge in [0.05, 0.1) is 5.69 Å². The van der Waals surface area contributed by atoms with Crippen LogP contribution in [0.25, 0.3) is 0 Å². The first-order valence-electron chi connectivity index (χ1n) is 4.61. The fraction of sp³-hybridized carbons (Fsp3) is 0.200. The molecule has 0 spiro atoms. The highest BCUT2D eigenvalue weighted by Gasteiger charge is 2.06. The van der Waals surface area contributed by atoms with Crippen LogP contribution in [0.1, 0.15) is 11.1 Å². The number of halogens is 1. The summed E-state index contributed by atoms with van der Waals surface area (Å²) < 4.78 is 13.5. The molecular weight excluding hydrogens is 209 g/mol. The molecule has 0 aliphatic carbocycles. The largest absolute Gasteiger partial charge is 0.370 e. The minimum Gasteiger partial charge on any atom is -0.370 e. The van der Waals surface area contributed by atoms with Crippen molar-refractivity contribution in [2.24, 2.45) is 27.2 Å². The number of hydrogen-bond donors (Lipinski definition) is 3. The molecule has 0 aliphatic rings. The summed E-state index contributed by atoms with van der Waals surface area (Å²) >= 11 is 0. The van der Waals surface area contributed by atoms with Gasteiger partial charge in [-0.25, -0.2) is 9.38 Å². The van der Waals surface area contributed by atoms with Crippen LogP contribution < -0.4 is 17.2 Å². The molecule has 0 bridgehead atoms. The van der Waals surface area contributed by atoms with Crippen LogP contribution in [-0.4, -0.2) is 11.9 Å². The molecular formula is C10H14FN5. The van der Waals surface area contributed by atoms with E-state index >= 15 is 0 Å². The van der Waals surface area contributed by atoms with Gasteiger partial charge in [0.15, 0.2) is 5.96 Å². The Morgan fingerprint density at radius 3 is 2.38 bits per heavy atom. The number of benzene rings is 1. The van der Waals surface area contributed by atoms with Crippen molar-refractivity contribution in [2.45, 2.75) is 13.8 Å². The van der Waals surface area contributed by atoms with E-state index in [1.54, 1.807) is 26.0 Å². The van der Waals surface area contributed by atoms with Crippen molar-refractivity contribution in [3.63, 3.8) is 0 Å². The van der Waals surface area contributed by atoms with Gasteiger partial charge in [0.25, 0.3) is 0 Å².